The number of halogens is 1. The lowest BCUT2D eigenvalue weighted by Crippen LogP contribution is -2.48. The van der Waals surface area contributed by atoms with Crippen LogP contribution in [0, 0.1) is 6.92 Å². The summed E-state index contributed by atoms with van der Waals surface area (Å²) in [5.74, 6) is 0.379. The second-order valence-electron chi connectivity index (χ2n) is 11.2. The number of aryl methyl sites for hydroxylation is 1. The normalized spacial score (nSPS) is 16.7. The highest BCUT2D eigenvalue weighted by Gasteiger charge is 2.30. The Morgan fingerprint density at radius 2 is 1.80 bits per heavy atom. The lowest BCUT2D eigenvalue weighted by Gasteiger charge is -2.42. The first-order valence-electron chi connectivity index (χ1n) is 13.7. The van der Waals surface area contributed by atoms with Gasteiger partial charge in [-0.3, -0.25) is 13.9 Å². The van der Waals surface area contributed by atoms with Gasteiger partial charge in [0.1, 0.15) is 11.4 Å². The molecule has 0 saturated carbocycles. The van der Waals surface area contributed by atoms with Gasteiger partial charge in [-0.05, 0) is 69.5 Å². The Morgan fingerprint density at radius 3 is 2.42 bits per heavy atom. The van der Waals surface area contributed by atoms with Crippen LogP contribution in [0.4, 0.5) is 9.18 Å². The van der Waals surface area contributed by atoms with Crippen molar-refractivity contribution in [1.82, 2.24) is 14.4 Å². The van der Waals surface area contributed by atoms with Crippen LogP contribution < -0.4 is 4.74 Å². The molecule has 3 aromatic rings. The summed E-state index contributed by atoms with van der Waals surface area (Å²) in [5.41, 5.74) is 3.64. The van der Waals surface area contributed by atoms with Gasteiger partial charge in [-0.1, -0.05) is 12.1 Å². The van der Waals surface area contributed by atoms with E-state index in [-0.39, 0.29) is 18.7 Å². The van der Waals surface area contributed by atoms with Crippen molar-refractivity contribution >= 4 is 23.0 Å². The van der Waals surface area contributed by atoms with Crippen LogP contribution in [0.15, 0.2) is 42.6 Å². The van der Waals surface area contributed by atoms with E-state index in [0.29, 0.717) is 25.1 Å². The van der Waals surface area contributed by atoms with E-state index >= 15 is 0 Å². The van der Waals surface area contributed by atoms with Gasteiger partial charge in [0, 0.05) is 55.9 Å². The fourth-order valence-corrected chi connectivity index (χ4v) is 5.40. The molecule has 9 heteroatoms. The minimum absolute atomic E-state index is 0.00839. The van der Waals surface area contributed by atoms with Crippen molar-refractivity contribution < 1.29 is 28.2 Å². The van der Waals surface area contributed by atoms with Crippen LogP contribution in [0.1, 0.15) is 60.3 Å². The third-order valence-electron chi connectivity index (χ3n) is 7.30. The number of rotatable bonds is 8. The monoisotopic (exact) mass is 553 g/mol. The van der Waals surface area contributed by atoms with E-state index < -0.39 is 11.7 Å². The SMILES string of the molecule is COC(=O)c1ccc(C2CN(CCCF)CCN2Cc2c(OC)cc(C)c3c2ccn3C(=O)OC(C)(C)C)cc1. The molecule has 1 aliphatic rings. The predicted octanol–water partition coefficient (Wildman–Crippen LogP) is 5.75. The summed E-state index contributed by atoms with van der Waals surface area (Å²) in [7, 11) is 3.03. The topological polar surface area (TPSA) is 73.2 Å². The zero-order chi connectivity index (χ0) is 29.0. The number of fused-ring (bicyclic) bond motifs is 1. The van der Waals surface area contributed by atoms with E-state index in [1.54, 1.807) is 30.0 Å². The number of hydrogen-bond acceptors (Lipinski definition) is 7. The zero-order valence-corrected chi connectivity index (χ0v) is 24.3. The molecule has 1 unspecified atom stereocenters. The number of carbonyl (C=O) groups excluding carboxylic acids is 2. The lowest BCUT2D eigenvalue weighted by atomic mass is 9.98. The molecule has 40 heavy (non-hydrogen) atoms. The molecule has 4 rings (SSSR count). The molecule has 1 aliphatic heterocycles. The Balaban J connectivity index is 1.71. The fourth-order valence-electron chi connectivity index (χ4n) is 5.40. The van der Waals surface area contributed by atoms with Crippen molar-refractivity contribution in [2.45, 2.75) is 52.3 Å². The highest BCUT2D eigenvalue weighted by molar-refractivity contribution is 5.95. The molecular formula is C31H40FN3O5. The summed E-state index contributed by atoms with van der Waals surface area (Å²) < 4.78 is 30.9. The number of piperazine rings is 1. The van der Waals surface area contributed by atoms with Crippen molar-refractivity contribution in [1.29, 1.82) is 0 Å². The molecule has 1 atom stereocenters. The number of hydrogen-bond donors (Lipinski definition) is 0. The maximum absolute atomic E-state index is 13.0. The number of methoxy groups -OCH3 is 2. The molecule has 1 aromatic heterocycles. The van der Waals surface area contributed by atoms with Gasteiger partial charge in [0.15, 0.2) is 0 Å². The van der Waals surface area contributed by atoms with Crippen LogP contribution in [0.5, 0.6) is 5.75 Å². The van der Waals surface area contributed by atoms with E-state index in [2.05, 4.69) is 9.80 Å². The summed E-state index contributed by atoms with van der Waals surface area (Å²) in [4.78, 5) is 29.7. The Labute approximate surface area is 235 Å². The molecule has 2 aromatic carbocycles. The van der Waals surface area contributed by atoms with Gasteiger partial charge in [-0.25, -0.2) is 9.59 Å². The zero-order valence-electron chi connectivity index (χ0n) is 24.3. The quantitative estimate of drug-likeness (QED) is 0.329. The van der Waals surface area contributed by atoms with E-state index in [9.17, 15) is 14.0 Å². The second kappa shape index (κ2) is 12.4. The lowest BCUT2D eigenvalue weighted by molar-refractivity contribution is 0.0542. The first-order valence-corrected chi connectivity index (χ1v) is 13.7. The van der Waals surface area contributed by atoms with E-state index in [1.807, 2.05) is 52.0 Å². The number of esters is 1. The molecule has 0 bridgehead atoms. The third kappa shape index (κ3) is 6.47. The molecule has 1 fully saturated rings. The molecule has 216 valence electrons. The Bertz CT molecular complexity index is 1350. The van der Waals surface area contributed by atoms with Crippen LogP contribution in [0.25, 0.3) is 10.9 Å². The third-order valence-corrected chi connectivity index (χ3v) is 7.30. The van der Waals surface area contributed by atoms with Crippen LogP contribution in [0.2, 0.25) is 0 Å². The number of nitrogens with zero attached hydrogens (tertiary/aromatic N) is 3. The van der Waals surface area contributed by atoms with Gasteiger partial charge in [0.25, 0.3) is 0 Å². The Kier molecular flexibility index (Phi) is 9.15. The van der Waals surface area contributed by atoms with E-state index in [0.717, 1.165) is 53.0 Å². The summed E-state index contributed by atoms with van der Waals surface area (Å²) in [5, 5.41) is 0.933. The second-order valence-corrected chi connectivity index (χ2v) is 11.2. The summed E-state index contributed by atoms with van der Waals surface area (Å²) in [6.07, 6.45) is 1.83. The largest absolute Gasteiger partial charge is 0.496 e. The Morgan fingerprint density at radius 1 is 1.07 bits per heavy atom. The van der Waals surface area contributed by atoms with Gasteiger partial charge in [-0.15, -0.1) is 0 Å². The highest BCUT2D eigenvalue weighted by atomic mass is 19.1. The molecule has 0 amide bonds. The van der Waals surface area contributed by atoms with Gasteiger partial charge < -0.3 is 19.1 Å². The van der Waals surface area contributed by atoms with Gasteiger partial charge in [0.2, 0.25) is 0 Å². The molecule has 8 nitrogen and oxygen atoms in total. The van der Waals surface area contributed by atoms with Crippen molar-refractivity contribution in [3.63, 3.8) is 0 Å². The number of aromatic nitrogens is 1. The maximum Gasteiger partial charge on any atom is 0.419 e. The van der Waals surface area contributed by atoms with E-state index in [4.69, 9.17) is 14.2 Å². The minimum atomic E-state index is -0.616. The fraction of sp³-hybridized carbons (Fsp3) is 0.484. The highest BCUT2D eigenvalue weighted by Crippen LogP contribution is 2.36. The summed E-state index contributed by atoms with van der Waals surface area (Å²) >= 11 is 0. The number of carbonyl (C=O) groups is 2. The Hall–Kier alpha value is -3.43. The molecule has 0 aliphatic carbocycles. The van der Waals surface area contributed by atoms with E-state index in [1.165, 1.54) is 7.11 Å². The number of ether oxygens (including phenoxy) is 3. The predicted molar refractivity (Wildman–Crippen MR) is 153 cm³/mol. The molecular weight excluding hydrogens is 513 g/mol. The van der Waals surface area contributed by atoms with Crippen LogP contribution in [-0.2, 0) is 16.0 Å². The summed E-state index contributed by atoms with van der Waals surface area (Å²) in [6.45, 7) is 10.8. The molecule has 2 heterocycles. The maximum atomic E-state index is 13.0. The smallest absolute Gasteiger partial charge is 0.419 e. The number of benzene rings is 2. The van der Waals surface area contributed by atoms with Crippen molar-refractivity contribution in [3.8, 4) is 5.75 Å². The molecule has 0 spiro atoms. The van der Waals surface area contributed by atoms with Crippen LogP contribution in [0.3, 0.4) is 0 Å². The van der Waals surface area contributed by atoms with Crippen molar-refractivity contribution in [2.75, 3.05) is 47.1 Å². The van der Waals surface area contributed by atoms with Gasteiger partial charge >= 0.3 is 12.1 Å². The molecule has 1 saturated heterocycles. The average Bonchev–Trinajstić information content (AvgIpc) is 3.39. The first-order chi connectivity index (χ1) is 19.1. The molecule has 0 radical (unpaired) electrons. The minimum Gasteiger partial charge on any atom is -0.496 e. The van der Waals surface area contributed by atoms with Crippen LogP contribution in [-0.4, -0.2) is 79.1 Å². The average molecular weight is 554 g/mol. The molecule has 0 N–H and O–H groups in total. The first kappa shape index (κ1) is 29.6. The standard InChI is InChI=1S/C31H40FN3O5/c1-21-18-27(38-5)25(24-12-15-35(28(21)24)30(37)40-31(2,3)4)19-34-17-16-33(14-7-13-32)20-26(34)22-8-10-23(11-9-22)29(36)39-6/h8-12,15,18,26H,7,13-14,16-17,19-20H2,1-6H3. The van der Waals surface area contributed by atoms with Gasteiger partial charge in [-0.2, -0.15) is 0 Å². The van der Waals surface area contributed by atoms with Crippen LogP contribution >= 0.6 is 0 Å². The van der Waals surface area contributed by atoms with Gasteiger partial charge in [0.05, 0.1) is 32.0 Å². The summed E-state index contributed by atoms with van der Waals surface area (Å²) in [6, 6.07) is 11.4. The van der Waals surface area contributed by atoms with Crippen molar-refractivity contribution in [3.05, 3.63) is 64.8 Å². The van der Waals surface area contributed by atoms with Crippen molar-refractivity contribution in [2.24, 2.45) is 0 Å². The number of alkyl halides is 1.